The van der Waals surface area contributed by atoms with E-state index in [-0.39, 0.29) is 12.3 Å². The molecule has 6 heteroatoms. The fourth-order valence-corrected chi connectivity index (χ4v) is 4.49. The zero-order valence-corrected chi connectivity index (χ0v) is 18.9. The maximum atomic E-state index is 13.0. The smallest absolute Gasteiger partial charge is 0.248 e. The molecule has 166 valence electrons. The summed E-state index contributed by atoms with van der Waals surface area (Å²) in [5.74, 6) is -0.619. The van der Waals surface area contributed by atoms with Gasteiger partial charge in [-0.1, -0.05) is 17.7 Å². The number of benzene rings is 2. The van der Waals surface area contributed by atoms with Crippen LogP contribution in [-0.4, -0.2) is 29.5 Å². The molecule has 3 N–H and O–H groups in total. The van der Waals surface area contributed by atoms with Gasteiger partial charge < -0.3 is 20.5 Å². The van der Waals surface area contributed by atoms with Crippen molar-refractivity contribution >= 4 is 23.2 Å². The average Bonchev–Trinajstić information content (AvgIpc) is 3.37. The first-order chi connectivity index (χ1) is 15.3. The Balaban J connectivity index is 1.58. The van der Waals surface area contributed by atoms with Gasteiger partial charge in [0, 0.05) is 35.7 Å². The molecule has 0 bridgehead atoms. The normalized spacial score (nSPS) is 13.4. The van der Waals surface area contributed by atoms with E-state index >= 15 is 0 Å². The van der Waals surface area contributed by atoms with Crippen LogP contribution in [-0.2, 0) is 11.2 Å². The molecule has 1 aromatic heterocycles. The third kappa shape index (κ3) is 4.40. The van der Waals surface area contributed by atoms with Crippen LogP contribution in [0.1, 0.15) is 45.7 Å². The summed E-state index contributed by atoms with van der Waals surface area (Å²) in [7, 11) is 0. The van der Waals surface area contributed by atoms with Gasteiger partial charge in [0.25, 0.3) is 0 Å². The Labute approximate surface area is 189 Å². The third-order valence-corrected chi connectivity index (χ3v) is 6.18. The number of aryl methyl sites for hydroxylation is 2. The Bertz CT molecular complexity index is 1160. The van der Waals surface area contributed by atoms with Crippen LogP contribution in [0.15, 0.2) is 48.5 Å². The second kappa shape index (κ2) is 8.91. The quantitative estimate of drug-likeness (QED) is 0.612. The molecule has 2 amide bonds. The van der Waals surface area contributed by atoms with Gasteiger partial charge in [-0.25, -0.2) is 0 Å². The van der Waals surface area contributed by atoms with Crippen molar-refractivity contribution in [2.75, 3.05) is 23.3 Å². The summed E-state index contributed by atoms with van der Waals surface area (Å²) in [6.45, 7) is 8.04. The highest BCUT2D eigenvalue weighted by atomic mass is 16.2. The molecule has 0 saturated carbocycles. The van der Waals surface area contributed by atoms with E-state index < -0.39 is 5.91 Å². The molecule has 1 aliphatic heterocycles. The van der Waals surface area contributed by atoms with Crippen LogP contribution in [0.3, 0.4) is 0 Å². The number of hydrogen-bond donors (Lipinski definition) is 2. The summed E-state index contributed by atoms with van der Waals surface area (Å²) in [6.07, 6.45) is 2.50. The summed E-state index contributed by atoms with van der Waals surface area (Å²) in [4.78, 5) is 27.0. The second-order valence-electron chi connectivity index (χ2n) is 8.58. The monoisotopic (exact) mass is 430 g/mol. The summed E-state index contributed by atoms with van der Waals surface area (Å²) in [5.41, 5.74) is 12.9. The van der Waals surface area contributed by atoms with Gasteiger partial charge in [0.2, 0.25) is 11.8 Å². The maximum Gasteiger partial charge on any atom is 0.248 e. The first-order valence-corrected chi connectivity index (χ1v) is 11.1. The van der Waals surface area contributed by atoms with Crippen LogP contribution >= 0.6 is 0 Å². The molecule has 2 heterocycles. The van der Waals surface area contributed by atoms with Crippen molar-refractivity contribution in [3.8, 4) is 5.69 Å². The molecular formula is C26H30N4O2. The van der Waals surface area contributed by atoms with E-state index in [9.17, 15) is 9.59 Å². The lowest BCUT2D eigenvalue weighted by molar-refractivity contribution is -0.115. The number of primary amides is 1. The number of nitrogens with two attached hydrogens (primary N) is 1. The molecule has 1 fully saturated rings. The number of anilines is 2. The van der Waals surface area contributed by atoms with Gasteiger partial charge in [-0.3, -0.25) is 9.59 Å². The van der Waals surface area contributed by atoms with Crippen molar-refractivity contribution < 1.29 is 9.59 Å². The largest absolute Gasteiger partial charge is 0.370 e. The molecule has 3 aromatic rings. The van der Waals surface area contributed by atoms with Crippen LogP contribution < -0.4 is 16.0 Å². The number of amides is 2. The molecule has 4 rings (SSSR count). The number of hydrogen-bond acceptors (Lipinski definition) is 3. The fraction of sp³-hybridized carbons (Fsp3) is 0.308. The summed E-state index contributed by atoms with van der Waals surface area (Å²) < 4.78 is 2.17. The zero-order valence-electron chi connectivity index (χ0n) is 18.9. The van der Waals surface area contributed by atoms with Gasteiger partial charge in [0.1, 0.15) is 0 Å². The van der Waals surface area contributed by atoms with Crippen molar-refractivity contribution in [2.24, 2.45) is 5.73 Å². The van der Waals surface area contributed by atoms with Gasteiger partial charge in [0.05, 0.1) is 17.8 Å². The Hall–Kier alpha value is -3.54. The molecule has 6 nitrogen and oxygen atoms in total. The summed E-state index contributed by atoms with van der Waals surface area (Å²) in [5, 5.41) is 3.04. The minimum atomic E-state index is -0.505. The van der Waals surface area contributed by atoms with Gasteiger partial charge in [-0.05, 0) is 75.6 Å². The standard InChI is InChI=1S/C26H30N4O2/c1-17-6-9-22(10-7-17)30-18(2)14-21(19(30)3)16-25(31)28-23-15-20(26(27)32)8-11-24(23)29-12-4-5-13-29/h6-11,14-15H,4-5,12-13,16H2,1-3H3,(H2,27,32)(H,28,31). The second-order valence-corrected chi connectivity index (χ2v) is 8.58. The lowest BCUT2D eigenvalue weighted by Crippen LogP contribution is -2.23. The van der Waals surface area contributed by atoms with Crippen LogP contribution in [0.4, 0.5) is 11.4 Å². The highest BCUT2D eigenvalue weighted by Crippen LogP contribution is 2.30. The number of rotatable bonds is 6. The van der Waals surface area contributed by atoms with Gasteiger partial charge in [0.15, 0.2) is 0 Å². The van der Waals surface area contributed by atoms with E-state index in [0.717, 1.165) is 54.3 Å². The Morgan fingerprint density at radius 1 is 0.969 bits per heavy atom. The first-order valence-electron chi connectivity index (χ1n) is 11.1. The molecule has 0 atom stereocenters. The SMILES string of the molecule is Cc1ccc(-n2c(C)cc(CC(=O)Nc3cc(C(N)=O)ccc3N3CCCC3)c2C)cc1. The number of nitrogens with zero attached hydrogens (tertiary/aromatic N) is 2. The molecule has 0 spiro atoms. The molecule has 1 saturated heterocycles. The predicted molar refractivity (Wildman–Crippen MR) is 129 cm³/mol. The fourth-order valence-electron chi connectivity index (χ4n) is 4.49. The maximum absolute atomic E-state index is 13.0. The Morgan fingerprint density at radius 2 is 1.66 bits per heavy atom. The molecule has 0 aliphatic carbocycles. The Morgan fingerprint density at radius 3 is 2.31 bits per heavy atom. The molecule has 0 radical (unpaired) electrons. The van der Waals surface area contributed by atoms with Crippen LogP contribution in [0.25, 0.3) is 5.69 Å². The van der Waals surface area contributed by atoms with E-state index in [0.29, 0.717) is 11.3 Å². The van der Waals surface area contributed by atoms with Crippen LogP contribution in [0.2, 0.25) is 0 Å². The highest BCUT2D eigenvalue weighted by molar-refractivity contribution is 6.00. The summed E-state index contributed by atoms with van der Waals surface area (Å²) in [6, 6.07) is 15.7. The van der Waals surface area contributed by atoms with E-state index in [1.165, 1.54) is 5.56 Å². The van der Waals surface area contributed by atoms with Gasteiger partial charge in [-0.15, -0.1) is 0 Å². The summed E-state index contributed by atoms with van der Waals surface area (Å²) >= 11 is 0. The molecule has 2 aromatic carbocycles. The Kier molecular flexibility index (Phi) is 6.04. The van der Waals surface area contributed by atoms with Crippen molar-refractivity contribution in [2.45, 2.75) is 40.0 Å². The van der Waals surface area contributed by atoms with Gasteiger partial charge >= 0.3 is 0 Å². The van der Waals surface area contributed by atoms with Gasteiger partial charge in [-0.2, -0.15) is 0 Å². The minimum Gasteiger partial charge on any atom is -0.370 e. The van der Waals surface area contributed by atoms with E-state index in [4.69, 9.17) is 5.73 Å². The average molecular weight is 431 g/mol. The number of carbonyl (C=O) groups excluding carboxylic acids is 2. The number of carbonyl (C=O) groups is 2. The third-order valence-electron chi connectivity index (χ3n) is 6.18. The molecular weight excluding hydrogens is 400 g/mol. The van der Waals surface area contributed by atoms with Crippen molar-refractivity contribution in [3.05, 3.63) is 76.6 Å². The van der Waals surface area contributed by atoms with E-state index in [1.54, 1.807) is 12.1 Å². The lowest BCUT2D eigenvalue weighted by Gasteiger charge is -2.22. The van der Waals surface area contributed by atoms with Crippen molar-refractivity contribution in [1.82, 2.24) is 4.57 Å². The lowest BCUT2D eigenvalue weighted by atomic mass is 10.1. The number of nitrogens with one attached hydrogen (secondary N) is 1. The number of aromatic nitrogens is 1. The van der Waals surface area contributed by atoms with Crippen LogP contribution in [0, 0.1) is 20.8 Å². The van der Waals surface area contributed by atoms with Crippen molar-refractivity contribution in [3.63, 3.8) is 0 Å². The van der Waals surface area contributed by atoms with E-state index in [1.807, 2.05) is 13.0 Å². The molecule has 1 aliphatic rings. The highest BCUT2D eigenvalue weighted by Gasteiger charge is 2.20. The van der Waals surface area contributed by atoms with E-state index in [2.05, 4.69) is 59.0 Å². The van der Waals surface area contributed by atoms with Crippen molar-refractivity contribution in [1.29, 1.82) is 0 Å². The topological polar surface area (TPSA) is 80.4 Å². The predicted octanol–water partition coefficient (Wildman–Crippen LogP) is 4.28. The molecule has 0 unspecified atom stereocenters. The minimum absolute atomic E-state index is 0.115. The zero-order chi connectivity index (χ0) is 22.8. The molecule has 32 heavy (non-hydrogen) atoms. The first kappa shape index (κ1) is 21.7. The van der Waals surface area contributed by atoms with Crippen LogP contribution in [0.5, 0.6) is 0 Å².